The van der Waals surface area contributed by atoms with Gasteiger partial charge in [0.25, 0.3) is 0 Å². The largest absolute Gasteiger partial charge is 0.417 e. The molecule has 0 N–H and O–H groups in total. The summed E-state index contributed by atoms with van der Waals surface area (Å²) in [5.74, 6) is 5.43. The first-order valence-corrected chi connectivity index (χ1v) is 6.97. The van der Waals surface area contributed by atoms with Gasteiger partial charge < -0.3 is 0 Å². The first kappa shape index (κ1) is 16.2. The maximum Gasteiger partial charge on any atom is 0.417 e. The van der Waals surface area contributed by atoms with Crippen molar-refractivity contribution in [2.45, 2.75) is 32.4 Å². The second-order valence-electron chi connectivity index (χ2n) is 6.12. The predicted octanol–water partition coefficient (Wildman–Crippen LogP) is 5.40. The van der Waals surface area contributed by atoms with Crippen LogP contribution in [0.1, 0.15) is 43.0 Å². The molecule has 0 unspecified atom stereocenters. The topological polar surface area (TPSA) is 0 Å². The molecule has 0 nitrogen and oxygen atoms in total. The van der Waals surface area contributed by atoms with E-state index >= 15 is 0 Å². The van der Waals surface area contributed by atoms with Crippen molar-refractivity contribution < 1.29 is 13.2 Å². The summed E-state index contributed by atoms with van der Waals surface area (Å²) in [4.78, 5) is 0. The molecule has 0 aromatic heterocycles. The highest BCUT2D eigenvalue weighted by atomic mass is 19.4. The van der Waals surface area contributed by atoms with E-state index in [2.05, 4.69) is 32.6 Å². The zero-order chi connectivity index (χ0) is 16.4. The molecule has 0 saturated heterocycles. The minimum atomic E-state index is -4.39. The Labute approximate surface area is 129 Å². The van der Waals surface area contributed by atoms with Gasteiger partial charge in [0.15, 0.2) is 0 Å². The Balaban J connectivity index is 2.32. The van der Waals surface area contributed by atoms with E-state index in [-0.39, 0.29) is 11.0 Å². The molecular formula is C19H17F3. The molecule has 2 aromatic rings. The molecule has 3 heteroatoms. The van der Waals surface area contributed by atoms with Gasteiger partial charge in [-0.1, -0.05) is 56.9 Å². The third-order valence-corrected chi connectivity index (χ3v) is 3.32. The van der Waals surface area contributed by atoms with Gasteiger partial charge in [-0.25, -0.2) is 0 Å². The van der Waals surface area contributed by atoms with Crippen LogP contribution in [0, 0.1) is 11.8 Å². The fraction of sp³-hybridized carbons (Fsp3) is 0.263. The Morgan fingerprint density at radius 3 is 1.91 bits per heavy atom. The van der Waals surface area contributed by atoms with Crippen LogP contribution in [0.3, 0.4) is 0 Å². The van der Waals surface area contributed by atoms with E-state index in [1.165, 1.54) is 12.1 Å². The second kappa shape index (κ2) is 5.88. The summed E-state index contributed by atoms with van der Waals surface area (Å²) in [6, 6.07) is 13.0. The maximum absolute atomic E-state index is 12.9. The summed E-state index contributed by atoms with van der Waals surface area (Å²) in [5, 5.41) is 0. The Bertz CT molecular complexity index is 705. The molecule has 0 aliphatic carbocycles. The van der Waals surface area contributed by atoms with Crippen LogP contribution in [0.15, 0.2) is 48.5 Å². The molecule has 0 heterocycles. The summed E-state index contributed by atoms with van der Waals surface area (Å²) in [6.45, 7) is 6.31. The lowest BCUT2D eigenvalue weighted by Crippen LogP contribution is -2.10. The van der Waals surface area contributed by atoms with Crippen molar-refractivity contribution in [2.75, 3.05) is 0 Å². The first-order valence-electron chi connectivity index (χ1n) is 6.97. The summed E-state index contributed by atoms with van der Waals surface area (Å²) in [5.41, 5.74) is 1.19. The number of rotatable bonds is 0. The summed E-state index contributed by atoms with van der Waals surface area (Å²) < 4.78 is 38.7. The van der Waals surface area contributed by atoms with Crippen LogP contribution >= 0.6 is 0 Å². The molecule has 0 aliphatic heterocycles. The minimum absolute atomic E-state index is 0.00472. The molecule has 0 atom stereocenters. The van der Waals surface area contributed by atoms with E-state index in [4.69, 9.17) is 0 Å². The highest BCUT2D eigenvalue weighted by molar-refractivity contribution is 5.48. The molecule has 0 amide bonds. The van der Waals surface area contributed by atoms with Crippen LogP contribution in [-0.2, 0) is 11.6 Å². The molecule has 0 fully saturated rings. The Kier molecular flexibility index (Phi) is 4.32. The lowest BCUT2D eigenvalue weighted by Gasteiger charge is -2.18. The lowest BCUT2D eigenvalue weighted by molar-refractivity contribution is -0.137. The van der Waals surface area contributed by atoms with E-state index in [9.17, 15) is 13.2 Å². The summed E-state index contributed by atoms with van der Waals surface area (Å²) >= 11 is 0. The molecule has 2 aromatic carbocycles. The zero-order valence-corrected chi connectivity index (χ0v) is 12.8. The standard InChI is InChI=1S/C19H17F3/c1-18(2,3)16-12-9-14(10-13-16)8-11-15-6-4-5-7-17(15)19(20,21)22/h4-7,9-10,12-13H,1-3H3. The van der Waals surface area contributed by atoms with Crippen molar-refractivity contribution in [1.82, 2.24) is 0 Å². The average Bonchev–Trinajstić information content (AvgIpc) is 2.44. The van der Waals surface area contributed by atoms with Crippen LogP contribution in [-0.4, -0.2) is 0 Å². The third-order valence-electron chi connectivity index (χ3n) is 3.32. The normalized spacial score (nSPS) is 11.7. The Morgan fingerprint density at radius 1 is 0.773 bits per heavy atom. The van der Waals surface area contributed by atoms with Crippen molar-refractivity contribution >= 4 is 0 Å². The van der Waals surface area contributed by atoms with Gasteiger partial charge in [0, 0.05) is 11.1 Å². The van der Waals surface area contributed by atoms with E-state index in [0.29, 0.717) is 5.56 Å². The zero-order valence-electron chi connectivity index (χ0n) is 12.8. The van der Waals surface area contributed by atoms with Gasteiger partial charge in [-0.2, -0.15) is 13.2 Å². The van der Waals surface area contributed by atoms with Gasteiger partial charge in [-0.3, -0.25) is 0 Å². The number of hydrogen-bond acceptors (Lipinski definition) is 0. The van der Waals surface area contributed by atoms with Gasteiger partial charge in [-0.15, -0.1) is 0 Å². The molecule has 22 heavy (non-hydrogen) atoms. The Hall–Kier alpha value is -2.21. The van der Waals surface area contributed by atoms with Crippen molar-refractivity contribution in [3.8, 4) is 11.8 Å². The van der Waals surface area contributed by atoms with E-state index in [0.717, 1.165) is 11.6 Å². The van der Waals surface area contributed by atoms with Gasteiger partial charge in [-0.05, 0) is 35.2 Å². The smallest absolute Gasteiger partial charge is 0.166 e. The fourth-order valence-corrected chi connectivity index (χ4v) is 2.03. The molecule has 0 radical (unpaired) electrons. The maximum atomic E-state index is 12.9. The van der Waals surface area contributed by atoms with Crippen LogP contribution in [0.25, 0.3) is 0 Å². The predicted molar refractivity (Wildman–Crippen MR) is 82.6 cm³/mol. The highest BCUT2D eigenvalue weighted by Crippen LogP contribution is 2.31. The van der Waals surface area contributed by atoms with Gasteiger partial charge in [0.2, 0.25) is 0 Å². The van der Waals surface area contributed by atoms with Crippen LogP contribution in [0.2, 0.25) is 0 Å². The van der Waals surface area contributed by atoms with Crippen LogP contribution in [0.4, 0.5) is 13.2 Å². The van der Waals surface area contributed by atoms with Gasteiger partial charge >= 0.3 is 6.18 Å². The molecule has 2 rings (SSSR count). The minimum Gasteiger partial charge on any atom is -0.166 e. The number of hydrogen-bond donors (Lipinski definition) is 0. The number of halogens is 3. The monoisotopic (exact) mass is 302 g/mol. The average molecular weight is 302 g/mol. The molecule has 0 saturated carbocycles. The van der Waals surface area contributed by atoms with E-state index < -0.39 is 11.7 Å². The van der Waals surface area contributed by atoms with E-state index in [1.807, 2.05) is 24.3 Å². The molecule has 114 valence electrons. The van der Waals surface area contributed by atoms with Gasteiger partial charge in [0.05, 0.1) is 5.56 Å². The summed E-state index contributed by atoms with van der Waals surface area (Å²) in [7, 11) is 0. The fourth-order valence-electron chi connectivity index (χ4n) is 2.03. The first-order chi connectivity index (χ1) is 10.2. The molecule has 0 bridgehead atoms. The Morgan fingerprint density at radius 2 is 1.36 bits per heavy atom. The third kappa shape index (κ3) is 3.92. The molecule has 0 aliphatic rings. The van der Waals surface area contributed by atoms with E-state index in [1.54, 1.807) is 6.07 Å². The molecule has 0 spiro atoms. The van der Waals surface area contributed by atoms with Gasteiger partial charge in [0.1, 0.15) is 0 Å². The summed E-state index contributed by atoms with van der Waals surface area (Å²) in [6.07, 6.45) is -4.39. The SMILES string of the molecule is CC(C)(C)c1ccc(C#Cc2ccccc2C(F)(F)F)cc1. The van der Waals surface area contributed by atoms with Crippen LogP contribution in [0.5, 0.6) is 0 Å². The molecular weight excluding hydrogens is 285 g/mol. The van der Waals surface area contributed by atoms with Crippen LogP contribution < -0.4 is 0 Å². The van der Waals surface area contributed by atoms with Crippen molar-refractivity contribution in [3.05, 3.63) is 70.8 Å². The second-order valence-corrected chi connectivity index (χ2v) is 6.12. The number of benzene rings is 2. The lowest BCUT2D eigenvalue weighted by atomic mass is 9.87. The van der Waals surface area contributed by atoms with Crippen molar-refractivity contribution in [3.63, 3.8) is 0 Å². The van der Waals surface area contributed by atoms with Crippen molar-refractivity contribution in [2.24, 2.45) is 0 Å². The number of alkyl halides is 3. The quantitative estimate of drug-likeness (QED) is 0.571. The highest BCUT2D eigenvalue weighted by Gasteiger charge is 2.32. The van der Waals surface area contributed by atoms with Crippen molar-refractivity contribution in [1.29, 1.82) is 0 Å².